The highest BCUT2D eigenvalue weighted by atomic mass is 35.5. The Hall–Kier alpha value is -2.99. The van der Waals surface area contributed by atoms with Gasteiger partial charge in [0.05, 0.1) is 22.5 Å². The lowest BCUT2D eigenvalue weighted by Crippen LogP contribution is -2.15. The van der Waals surface area contributed by atoms with Crippen LogP contribution in [0, 0.1) is 5.82 Å². The second kappa shape index (κ2) is 7.72. The monoisotopic (exact) mass is 356 g/mol. The van der Waals surface area contributed by atoms with Crippen LogP contribution in [0.15, 0.2) is 61.1 Å². The number of pyridine rings is 2. The van der Waals surface area contributed by atoms with E-state index in [9.17, 15) is 9.18 Å². The van der Waals surface area contributed by atoms with Crippen molar-refractivity contribution in [2.24, 2.45) is 0 Å². The summed E-state index contributed by atoms with van der Waals surface area (Å²) in [5.41, 5.74) is 1.62. The number of halogens is 2. The molecule has 1 amide bonds. The molecule has 0 aliphatic rings. The number of aromatic nitrogens is 2. The summed E-state index contributed by atoms with van der Waals surface area (Å²) >= 11 is 5.88. The molecule has 2 N–H and O–H groups in total. The van der Waals surface area contributed by atoms with Crippen molar-refractivity contribution in [3.05, 3.63) is 83.0 Å². The number of hydrogen-bond acceptors (Lipinski definition) is 4. The van der Waals surface area contributed by atoms with E-state index in [1.165, 1.54) is 18.2 Å². The van der Waals surface area contributed by atoms with Crippen molar-refractivity contribution in [1.82, 2.24) is 9.97 Å². The average molecular weight is 357 g/mol. The van der Waals surface area contributed by atoms with Gasteiger partial charge in [0.2, 0.25) is 0 Å². The third kappa shape index (κ3) is 4.30. The molecule has 5 nitrogen and oxygen atoms in total. The second-order valence-electron chi connectivity index (χ2n) is 5.20. The number of rotatable bonds is 5. The largest absolute Gasteiger partial charge is 0.380 e. The minimum Gasteiger partial charge on any atom is -0.380 e. The molecule has 0 saturated carbocycles. The van der Waals surface area contributed by atoms with Gasteiger partial charge in [-0.05, 0) is 35.9 Å². The van der Waals surface area contributed by atoms with Gasteiger partial charge in [0.1, 0.15) is 11.6 Å². The third-order valence-electron chi connectivity index (χ3n) is 3.41. The molecule has 0 atom stereocenters. The lowest BCUT2D eigenvalue weighted by molar-refractivity contribution is 0.102. The van der Waals surface area contributed by atoms with Gasteiger partial charge in [-0.3, -0.25) is 9.78 Å². The van der Waals surface area contributed by atoms with Crippen molar-refractivity contribution < 1.29 is 9.18 Å². The molecule has 2 heterocycles. The fourth-order valence-electron chi connectivity index (χ4n) is 2.17. The second-order valence-corrected chi connectivity index (χ2v) is 5.60. The summed E-state index contributed by atoms with van der Waals surface area (Å²) in [7, 11) is 0. The van der Waals surface area contributed by atoms with E-state index in [1.807, 2.05) is 12.1 Å². The molecule has 0 bridgehead atoms. The first-order valence-electron chi connectivity index (χ1n) is 7.47. The van der Waals surface area contributed by atoms with Crippen molar-refractivity contribution in [3.8, 4) is 0 Å². The molecule has 3 aromatic rings. The number of hydrogen-bond donors (Lipinski definition) is 2. The Morgan fingerprint density at radius 2 is 2.00 bits per heavy atom. The fourth-order valence-corrected chi connectivity index (χ4v) is 2.42. The van der Waals surface area contributed by atoms with Gasteiger partial charge in [0.25, 0.3) is 5.91 Å². The van der Waals surface area contributed by atoms with Crippen LogP contribution < -0.4 is 10.6 Å². The van der Waals surface area contributed by atoms with Crippen LogP contribution in [-0.4, -0.2) is 15.9 Å². The van der Waals surface area contributed by atoms with Crippen molar-refractivity contribution >= 4 is 29.0 Å². The topological polar surface area (TPSA) is 66.9 Å². The van der Waals surface area contributed by atoms with Gasteiger partial charge >= 0.3 is 0 Å². The molecule has 126 valence electrons. The SMILES string of the molecule is O=C(Nc1ccc(NCc2cccnc2)cn1)c1c(F)cccc1Cl. The highest BCUT2D eigenvalue weighted by molar-refractivity contribution is 6.34. The van der Waals surface area contributed by atoms with Crippen LogP contribution in [0.2, 0.25) is 5.02 Å². The maximum Gasteiger partial charge on any atom is 0.261 e. The summed E-state index contributed by atoms with van der Waals surface area (Å²) in [6.45, 7) is 0.603. The van der Waals surface area contributed by atoms with E-state index in [1.54, 1.807) is 30.7 Å². The number of carbonyl (C=O) groups excluding carboxylic acids is 1. The zero-order valence-electron chi connectivity index (χ0n) is 13.0. The molecule has 0 radical (unpaired) electrons. The van der Waals surface area contributed by atoms with Crippen molar-refractivity contribution in [2.45, 2.75) is 6.54 Å². The average Bonchev–Trinajstić information content (AvgIpc) is 2.62. The number of amides is 1. The van der Waals surface area contributed by atoms with Crippen molar-refractivity contribution in [2.75, 3.05) is 10.6 Å². The first kappa shape index (κ1) is 16.9. The lowest BCUT2D eigenvalue weighted by Gasteiger charge is -2.09. The molecule has 0 aliphatic heterocycles. The zero-order valence-corrected chi connectivity index (χ0v) is 13.8. The Morgan fingerprint density at radius 3 is 2.68 bits per heavy atom. The molecule has 0 fully saturated rings. The number of nitrogens with one attached hydrogen (secondary N) is 2. The molecule has 0 unspecified atom stereocenters. The minimum absolute atomic E-state index is 0.0484. The van der Waals surface area contributed by atoms with Crippen LogP contribution in [0.3, 0.4) is 0 Å². The highest BCUT2D eigenvalue weighted by Gasteiger charge is 2.16. The lowest BCUT2D eigenvalue weighted by atomic mass is 10.2. The molecular weight excluding hydrogens is 343 g/mol. The van der Waals surface area contributed by atoms with Gasteiger partial charge < -0.3 is 10.6 Å². The maximum atomic E-state index is 13.7. The Bertz CT molecular complexity index is 852. The van der Waals surface area contributed by atoms with Gasteiger partial charge in [-0.2, -0.15) is 0 Å². The number of benzene rings is 1. The predicted octanol–water partition coefficient (Wildman–Crippen LogP) is 4.13. The van der Waals surface area contributed by atoms with E-state index in [0.717, 1.165) is 11.3 Å². The van der Waals surface area contributed by atoms with Crippen LogP contribution in [0.4, 0.5) is 15.9 Å². The van der Waals surface area contributed by atoms with Crippen LogP contribution >= 0.6 is 11.6 Å². The summed E-state index contributed by atoms with van der Waals surface area (Å²) in [5.74, 6) is -1.03. The molecule has 25 heavy (non-hydrogen) atoms. The summed E-state index contributed by atoms with van der Waals surface area (Å²) in [6, 6.07) is 11.3. The first-order valence-corrected chi connectivity index (χ1v) is 7.85. The van der Waals surface area contributed by atoms with Crippen LogP contribution in [0.1, 0.15) is 15.9 Å². The molecule has 7 heteroatoms. The van der Waals surface area contributed by atoms with Gasteiger partial charge in [-0.25, -0.2) is 9.37 Å². The third-order valence-corrected chi connectivity index (χ3v) is 3.73. The Kier molecular flexibility index (Phi) is 5.20. The summed E-state index contributed by atoms with van der Waals surface area (Å²) in [5, 5.41) is 5.77. The van der Waals surface area contributed by atoms with Crippen LogP contribution in [0.5, 0.6) is 0 Å². The smallest absolute Gasteiger partial charge is 0.261 e. The molecule has 2 aromatic heterocycles. The molecule has 0 saturated heterocycles. The Balaban J connectivity index is 1.63. The summed E-state index contributed by atoms with van der Waals surface area (Å²) in [4.78, 5) is 20.3. The molecular formula is C18H14ClFN4O. The Labute approximate surface area is 148 Å². The quantitative estimate of drug-likeness (QED) is 0.721. The number of anilines is 2. The van der Waals surface area contributed by atoms with E-state index >= 15 is 0 Å². The highest BCUT2D eigenvalue weighted by Crippen LogP contribution is 2.20. The van der Waals surface area contributed by atoms with Gasteiger partial charge in [0, 0.05) is 18.9 Å². The normalized spacial score (nSPS) is 10.3. The van der Waals surface area contributed by atoms with E-state index < -0.39 is 11.7 Å². The van der Waals surface area contributed by atoms with Gasteiger partial charge in [-0.1, -0.05) is 23.7 Å². The fraction of sp³-hybridized carbons (Fsp3) is 0.0556. The van der Waals surface area contributed by atoms with E-state index in [2.05, 4.69) is 20.6 Å². The zero-order chi connectivity index (χ0) is 17.6. The molecule has 1 aromatic carbocycles. The van der Waals surface area contributed by atoms with Crippen LogP contribution in [-0.2, 0) is 6.54 Å². The molecule has 0 aliphatic carbocycles. The van der Waals surface area contributed by atoms with E-state index in [0.29, 0.717) is 12.4 Å². The Morgan fingerprint density at radius 1 is 1.12 bits per heavy atom. The van der Waals surface area contributed by atoms with Gasteiger partial charge in [0.15, 0.2) is 0 Å². The summed E-state index contributed by atoms with van der Waals surface area (Å²) in [6.07, 6.45) is 5.06. The van der Waals surface area contributed by atoms with Gasteiger partial charge in [-0.15, -0.1) is 0 Å². The molecule has 3 rings (SSSR count). The minimum atomic E-state index is -0.681. The standard InChI is InChI=1S/C18H14ClFN4O/c19-14-4-1-5-15(20)17(14)18(25)24-16-7-6-13(11-23-16)22-10-12-3-2-8-21-9-12/h1-9,11,22H,10H2,(H,23,24,25). The number of carbonyl (C=O) groups is 1. The van der Waals surface area contributed by atoms with Crippen LogP contribution in [0.25, 0.3) is 0 Å². The van der Waals surface area contributed by atoms with Crippen molar-refractivity contribution in [1.29, 1.82) is 0 Å². The van der Waals surface area contributed by atoms with Crippen molar-refractivity contribution in [3.63, 3.8) is 0 Å². The molecule has 0 spiro atoms. The predicted molar refractivity (Wildman–Crippen MR) is 95.2 cm³/mol. The maximum absolute atomic E-state index is 13.7. The summed E-state index contributed by atoms with van der Waals surface area (Å²) < 4.78 is 13.7. The van der Waals surface area contributed by atoms with E-state index in [-0.39, 0.29) is 10.6 Å². The number of nitrogens with zero attached hydrogens (tertiary/aromatic N) is 2. The van der Waals surface area contributed by atoms with E-state index in [4.69, 9.17) is 11.6 Å². The first-order chi connectivity index (χ1) is 12.1.